The molecule has 0 bridgehead atoms. The number of halogens is 2. The topological polar surface area (TPSA) is 77.2 Å². The highest BCUT2D eigenvalue weighted by atomic mass is 127. The molecule has 6 nitrogen and oxygen atoms in total. The van der Waals surface area contributed by atoms with E-state index in [9.17, 15) is 9.90 Å². The van der Waals surface area contributed by atoms with Crippen LogP contribution in [0.15, 0.2) is 30.6 Å². The average molecular weight is 500 g/mol. The zero-order valence-electron chi connectivity index (χ0n) is 15.2. The molecule has 0 aliphatic rings. The molecule has 0 spiro atoms. The van der Waals surface area contributed by atoms with Crippen LogP contribution in [0.1, 0.15) is 42.3 Å². The molecule has 0 unspecified atom stereocenters. The van der Waals surface area contributed by atoms with Crippen LogP contribution in [0.2, 0.25) is 5.02 Å². The van der Waals surface area contributed by atoms with E-state index >= 15 is 0 Å². The highest BCUT2D eigenvalue weighted by molar-refractivity contribution is 14.1. The van der Waals surface area contributed by atoms with Crippen molar-refractivity contribution in [2.24, 2.45) is 0 Å². The molecule has 8 heteroatoms. The van der Waals surface area contributed by atoms with E-state index in [4.69, 9.17) is 16.3 Å². The summed E-state index contributed by atoms with van der Waals surface area (Å²) in [6.45, 7) is 5.95. The zero-order valence-corrected chi connectivity index (χ0v) is 18.1. The number of rotatable bonds is 5. The number of pyridine rings is 1. The maximum atomic E-state index is 12.0. The van der Waals surface area contributed by atoms with Crippen LogP contribution >= 0.6 is 34.2 Å². The van der Waals surface area contributed by atoms with Crippen molar-refractivity contribution in [1.82, 2.24) is 14.8 Å². The Morgan fingerprint density at radius 1 is 1.37 bits per heavy atom. The molecule has 0 fully saturated rings. The summed E-state index contributed by atoms with van der Waals surface area (Å²) in [7, 11) is 0. The zero-order chi connectivity index (χ0) is 19.8. The fraction of sp³-hybridized carbons (Fsp3) is 0.316. The van der Waals surface area contributed by atoms with E-state index in [2.05, 4.69) is 10.1 Å². The summed E-state index contributed by atoms with van der Waals surface area (Å²) in [5.41, 5.74) is 1.70. The first-order chi connectivity index (χ1) is 12.7. The molecule has 27 heavy (non-hydrogen) atoms. The van der Waals surface area contributed by atoms with Gasteiger partial charge in [0.2, 0.25) is 0 Å². The Morgan fingerprint density at radius 3 is 2.78 bits per heavy atom. The Morgan fingerprint density at radius 2 is 2.11 bits per heavy atom. The van der Waals surface area contributed by atoms with Gasteiger partial charge < -0.3 is 9.84 Å². The van der Waals surface area contributed by atoms with E-state index in [1.807, 2.05) is 40.8 Å². The Bertz CT molecular complexity index is 1010. The summed E-state index contributed by atoms with van der Waals surface area (Å²) in [5.74, 6) is -0.389. The largest absolute Gasteiger partial charge is 0.462 e. The minimum absolute atomic E-state index is 0.313. The molecule has 0 radical (unpaired) electrons. The summed E-state index contributed by atoms with van der Waals surface area (Å²) >= 11 is 8.11. The minimum Gasteiger partial charge on any atom is -0.462 e. The predicted octanol–water partition coefficient (Wildman–Crippen LogP) is 4.14. The molecule has 3 rings (SSSR count). The van der Waals surface area contributed by atoms with Crippen LogP contribution in [0.5, 0.6) is 0 Å². The number of esters is 1. The number of hydrogen-bond donors (Lipinski definition) is 1. The lowest BCUT2D eigenvalue weighted by atomic mass is 9.93. The lowest BCUT2D eigenvalue weighted by molar-refractivity contribution is 0.0525. The van der Waals surface area contributed by atoms with Crippen molar-refractivity contribution in [3.63, 3.8) is 0 Å². The van der Waals surface area contributed by atoms with E-state index in [0.29, 0.717) is 38.5 Å². The number of ether oxygens (including phenoxy) is 1. The molecule has 0 aliphatic heterocycles. The first kappa shape index (κ1) is 20.0. The first-order valence-corrected chi connectivity index (χ1v) is 9.86. The monoisotopic (exact) mass is 499 g/mol. The third-order valence-corrected chi connectivity index (χ3v) is 5.03. The van der Waals surface area contributed by atoms with Gasteiger partial charge >= 0.3 is 5.97 Å². The van der Waals surface area contributed by atoms with Gasteiger partial charge in [0.15, 0.2) is 0 Å². The predicted molar refractivity (Wildman–Crippen MR) is 112 cm³/mol. The molecule has 0 aliphatic carbocycles. The van der Waals surface area contributed by atoms with Crippen LogP contribution in [0.3, 0.4) is 0 Å². The molecule has 142 valence electrons. The van der Waals surface area contributed by atoms with Gasteiger partial charge in [0.25, 0.3) is 0 Å². The van der Waals surface area contributed by atoms with Crippen molar-refractivity contribution >= 4 is 51.1 Å². The molecule has 3 aromatic rings. The fourth-order valence-corrected chi connectivity index (χ4v) is 3.66. The van der Waals surface area contributed by atoms with Crippen LogP contribution in [-0.2, 0) is 16.9 Å². The quantitative estimate of drug-likeness (QED) is 0.422. The highest BCUT2D eigenvalue weighted by Gasteiger charge is 2.22. The lowest BCUT2D eigenvalue weighted by Gasteiger charge is -2.21. The molecule has 1 N–H and O–H groups in total. The Kier molecular flexibility index (Phi) is 5.73. The lowest BCUT2D eigenvalue weighted by Crippen LogP contribution is -2.17. The molecular weight excluding hydrogens is 481 g/mol. The van der Waals surface area contributed by atoms with Crippen molar-refractivity contribution < 1.29 is 14.6 Å². The SMILES string of the molecule is CCOC(=O)c1cn(Cc2cc(C(C)(C)O)c3ncc(Cl)cc3c2)nc1I. The second kappa shape index (κ2) is 7.73. The van der Waals surface area contributed by atoms with Gasteiger partial charge in [0.05, 0.1) is 29.3 Å². The van der Waals surface area contributed by atoms with Crippen molar-refractivity contribution in [3.05, 3.63) is 56.0 Å². The first-order valence-electron chi connectivity index (χ1n) is 8.40. The van der Waals surface area contributed by atoms with Crippen molar-refractivity contribution in [2.75, 3.05) is 6.61 Å². The van der Waals surface area contributed by atoms with Crippen molar-refractivity contribution in [1.29, 1.82) is 0 Å². The number of nitrogens with zero attached hydrogens (tertiary/aromatic N) is 3. The summed E-state index contributed by atoms with van der Waals surface area (Å²) in [4.78, 5) is 16.4. The molecule has 0 atom stereocenters. The van der Waals surface area contributed by atoms with Gasteiger partial charge in [-0.2, -0.15) is 5.10 Å². The van der Waals surface area contributed by atoms with Crippen LogP contribution < -0.4 is 0 Å². The van der Waals surface area contributed by atoms with Crippen LogP contribution in [0.4, 0.5) is 0 Å². The number of benzene rings is 1. The van der Waals surface area contributed by atoms with Crippen LogP contribution in [0, 0.1) is 3.70 Å². The third-order valence-electron chi connectivity index (χ3n) is 4.03. The molecule has 2 aromatic heterocycles. The van der Waals surface area contributed by atoms with Gasteiger partial charge in [-0.3, -0.25) is 9.67 Å². The average Bonchev–Trinajstić information content (AvgIpc) is 2.93. The van der Waals surface area contributed by atoms with Gasteiger partial charge in [-0.25, -0.2) is 4.79 Å². The standard InChI is InChI=1S/C19H19ClIN3O3/c1-4-27-18(25)14-10-24(23-17(14)21)9-11-5-12-7-13(20)8-22-16(12)15(6-11)19(2,3)26/h5-8,10,26H,4,9H2,1-3H3. The summed E-state index contributed by atoms with van der Waals surface area (Å²) in [5, 5.41) is 16.3. The normalized spacial score (nSPS) is 11.8. The second-order valence-electron chi connectivity index (χ2n) is 6.68. The molecule has 0 saturated carbocycles. The smallest absolute Gasteiger partial charge is 0.342 e. The van der Waals surface area contributed by atoms with Gasteiger partial charge in [0, 0.05) is 23.3 Å². The molecular formula is C19H19ClIN3O3. The fourth-order valence-electron chi connectivity index (χ4n) is 2.85. The Hall–Kier alpha value is -1.71. The van der Waals surface area contributed by atoms with Gasteiger partial charge in [-0.1, -0.05) is 11.6 Å². The van der Waals surface area contributed by atoms with Crippen molar-refractivity contribution in [2.45, 2.75) is 32.9 Å². The van der Waals surface area contributed by atoms with E-state index in [1.54, 1.807) is 37.8 Å². The van der Waals surface area contributed by atoms with E-state index in [1.165, 1.54) is 0 Å². The van der Waals surface area contributed by atoms with Gasteiger partial charge in [-0.15, -0.1) is 0 Å². The maximum Gasteiger partial charge on any atom is 0.342 e. The third kappa shape index (κ3) is 4.41. The van der Waals surface area contributed by atoms with Gasteiger partial charge in [0.1, 0.15) is 9.26 Å². The summed E-state index contributed by atoms with van der Waals surface area (Å²) in [6.07, 6.45) is 3.24. The van der Waals surface area contributed by atoms with E-state index in [-0.39, 0.29) is 5.97 Å². The molecule has 0 saturated heterocycles. The van der Waals surface area contributed by atoms with Gasteiger partial charge in [-0.05, 0) is 67.1 Å². The Balaban J connectivity index is 2.03. The molecule has 0 amide bonds. The minimum atomic E-state index is -1.07. The van der Waals surface area contributed by atoms with Crippen molar-refractivity contribution in [3.8, 4) is 0 Å². The highest BCUT2D eigenvalue weighted by Crippen LogP contribution is 2.30. The second-order valence-corrected chi connectivity index (χ2v) is 8.14. The number of carbonyl (C=O) groups excluding carboxylic acids is 1. The Labute approximate surface area is 175 Å². The molecule has 2 heterocycles. The van der Waals surface area contributed by atoms with Crippen LogP contribution in [0.25, 0.3) is 10.9 Å². The number of fused-ring (bicyclic) bond motifs is 1. The number of carbonyl (C=O) groups is 1. The summed E-state index contributed by atoms with van der Waals surface area (Å²) in [6, 6.07) is 5.68. The van der Waals surface area contributed by atoms with E-state index < -0.39 is 5.60 Å². The number of hydrogen-bond acceptors (Lipinski definition) is 5. The van der Waals surface area contributed by atoms with E-state index in [0.717, 1.165) is 10.9 Å². The summed E-state index contributed by atoms with van der Waals surface area (Å²) < 4.78 is 7.32. The maximum absolute atomic E-state index is 12.0. The van der Waals surface area contributed by atoms with Crippen LogP contribution in [-0.4, -0.2) is 32.4 Å². The number of aromatic nitrogens is 3. The number of aliphatic hydroxyl groups is 1. The molecule has 1 aromatic carbocycles.